The molecule has 1 heterocycles. The van der Waals surface area contributed by atoms with E-state index in [2.05, 4.69) is 0 Å². The Kier molecular flexibility index (Phi) is 4.00. The fourth-order valence-electron chi connectivity index (χ4n) is 3.80. The molecule has 4 aromatic rings. The summed E-state index contributed by atoms with van der Waals surface area (Å²) in [6.45, 7) is 3.64. The fourth-order valence-corrected chi connectivity index (χ4v) is 3.80. The summed E-state index contributed by atoms with van der Waals surface area (Å²) in [5.41, 5.74) is 3.19. The molecule has 0 fully saturated rings. The van der Waals surface area contributed by atoms with Crippen LogP contribution in [-0.4, -0.2) is 15.4 Å². The molecule has 0 spiro atoms. The van der Waals surface area contributed by atoms with Crippen molar-refractivity contribution in [2.75, 3.05) is 0 Å². The Morgan fingerprint density at radius 1 is 1.04 bits per heavy atom. The van der Waals surface area contributed by atoms with Gasteiger partial charge < -0.3 is 0 Å². The van der Waals surface area contributed by atoms with Crippen molar-refractivity contribution in [1.82, 2.24) is 4.57 Å². The van der Waals surface area contributed by atoms with Crippen LogP contribution in [0.5, 0.6) is 0 Å². The second-order valence-corrected chi connectivity index (χ2v) is 6.54. The minimum Gasteiger partial charge on any atom is -0.274 e. The van der Waals surface area contributed by atoms with Crippen LogP contribution in [0.3, 0.4) is 0 Å². The number of hydrogen-bond acceptors (Lipinski definition) is 3. The molecule has 0 N–H and O–H groups in total. The standard InChI is InChI=1S/C22H18N2O3/c1-3-19(25)23-18-12-8-7-11-16(18)17-13-14(2)20(15-9-5-4-6-10-15)22(21(17)23)24(26)27/h4-13H,3H2,1-2H3. The van der Waals surface area contributed by atoms with Crippen LogP contribution in [0.25, 0.3) is 32.9 Å². The first-order chi connectivity index (χ1) is 13.0. The highest BCUT2D eigenvalue weighted by molar-refractivity contribution is 6.18. The van der Waals surface area contributed by atoms with Gasteiger partial charge in [0.25, 0.3) is 0 Å². The highest BCUT2D eigenvalue weighted by Crippen LogP contribution is 2.43. The Hall–Kier alpha value is -3.47. The molecular formula is C22H18N2O3. The summed E-state index contributed by atoms with van der Waals surface area (Å²) >= 11 is 0. The van der Waals surface area contributed by atoms with Crippen LogP contribution in [0.15, 0.2) is 60.7 Å². The van der Waals surface area contributed by atoms with Crippen molar-refractivity contribution in [3.63, 3.8) is 0 Å². The number of para-hydroxylation sites is 1. The van der Waals surface area contributed by atoms with E-state index in [9.17, 15) is 14.9 Å². The van der Waals surface area contributed by atoms with E-state index in [1.165, 1.54) is 4.57 Å². The van der Waals surface area contributed by atoms with E-state index in [0.29, 0.717) is 16.6 Å². The molecule has 0 unspecified atom stereocenters. The van der Waals surface area contributed by atoms with Crippen LogP contribution < -0.4 is 0 Å². The van der Waals surface area contributed by atoms with Crippen molar-refractivity contribution in [2.45, 2.75) is 20.3 Å². The quantitative estimate of drug-likeness (QED) is 0.347. The number of carbonyl (C=O) groups is 1. The third-order valence-corrected chi connectivity index (χ3v) is 4.93. The van der Waals surface area contributed by atoms with Gasteiger partial charge in [-0.25, -0.2) is 0 Å². The Balaban J connectivity index is 2.28. The van der Waals surface area contributed by atoms with Crippen LogP contribution in [0.4, 0.5) is 5.69 Å². The lowest BCUT2D eigenvalue weighted by molar-refractivity contribution is -0.382. The summed E-state index contributed by atoms with van der Waals surface area (Å²) < 4.78 is 1.51. The van der Waals surface area contributed by atoms with E-state index in [1.54, 1.807) is 6.92 Å². The number of carbonyl (C=O) groups excluding carboxylic acids is 1. The molecule has 27 heavy (non-hydrogen) atoms. The Morgan fingerprint density at radius 3 is 2.37 bits per heavy atom. The van der Waals surface area contributed by atoms with E-state index < -0.39 is 0 Å². The van der Waals surface area contributed by atoms with E-state index >= 15 is 0 Å². The Bertz CT molecular complexity index is 1210. The SMILES string of the molecule is CCC(=O)n1c2ccccc2c2cc(C)c(-c3ccccc3)c([N+](=O)[O-])c21. The van der Waals surface area contributed by atoms with Crippen LogP contribution in [0.1, 0.15) is 23.7 Å². The first kappa shape index (κ1) is 17.0. The number of aromatic nitrogens is 1. The van der Waals surface area contributed by atoms with Gasteiger partial charge in [-0.2, -0.15) is 0 Å². The fraction of sp³-hybridized carbons (Fsp3) is 0.136. The Labute approximate surface area is 156 Å². The van der Waals surface area contributed by atoms with Crippen molar-refractivity contribution in [2.24, 2.45) is 0 Å². The second-order valence-electron chi connectivity index (χ2n) is 6.54. The number of benzene rings is 3. The third-order valence-electron chi connectivity index (χ3n) is 4.93. The largest absolute Gasteiger partial charge is 0.301 e. The highest BCUT2D eigenvalue weighted by atomic mass is 16.6. The first-order valence-corrected chi connectivity index (χ1v) is 8.84. The van der Waals surface area contributed by atoms with Gasteiger partial charge >= 0.3 is 5.69 Å². The topological polar surface area (TPSA) is 65.1 Å². The molecule has 0 aliphatic rings. The van der Waals surface area contributed by atoms with Crippen LogP contribution >= 0.6 is 0 Å². The lowest BCUT2D eigenvalue weighted by atomic mass is 9.96. The summed E-state index contributed by atoms with van der Waals surface area (Å²) in [5, 5.41) is 13.8. The molecule has 0 bridgehead atoms. The highest BCUT2D eigenvalue weighted by Gasteiger charge is 2.28. The number of nitro groups is 1. The molecule has 134 valence electrons. The number of fused-ring (bicyclic) bond motifs is 3. The predicted octanol–water partition coefficient (Wildman–Crippen LogP) is 5.73. The lowest BCUT2D eigenvalue weighted by Gasteiger charge is -2.11. The van der Waals surface area contributed by atoms with E-state index in [1.807, 2.05) is 67.6 Å². The van der Waals surface area contributed by atoms with Gasteiger partial charge in [-0.15, -0.1) is 0 Å². The summed E-state index contributed by atoms with van der Waals surface area (Å²) in [7, 11) is 0. The maximum atomic E-state index is 12.8. The lowest BCUT2D eigenvalue weighted by Crippen LogP contribution is -2.10. The maximum Gasteiger partial charge on any atom is 0.301 e. The zero-order valence-electron chi connectivity index (χ0n) is 15.1. The molecule has 5 heteroatoms. The molecule has 5 nitrogen and oxygen atoms in total. The molecule has 0 atom stereocenters. The summed E-state index contributed by atoms with van der Waals surface area (Å²) in [5.74, 6) is -0.160. The zero-order valence-corrected chi connectivity index (χ0v) is 15.1. The van der Waals surface area contributed by atoms with E-state index in [0.717, 1.165) is 21.9 Å². The molecule has 0 radical (unpaired) electrons. The first-order valence-electron chi connectivity index (χ1n) is 8.84. The van der Waals surface area contributed by atoms with Gasteiger partial charge in [-0.3, -0.25) is 19.5 Å². The maximum absolute atomic E-state index is 12.8. The van der Waals surface area contributed by atoms with Crippen molar-refractivity contribution in [1.29, 1.82) is 0 Å². The predicted molar refractivity (Wildman–Crippen MR) is 107 cm³/mol. The average molecular weight is 358 g/mol. The molecule has 0 aliphatic carbocycles. The van der Waals surface area contributed by atoms with Crippen LogP contribution in [-0.2, 0) is 0 Å². The van der Waals surface area contributed by atoms with Gasteiger partial charge in [0.2, 0.25) is 5.91 Å². The van der Waals surface area contributed by atoms with Crippen molar-refractivity contribution in [3.05, 3.63) is 76.3 Å². The van der Waals surface area contributed by atoms with E-state index in [4.69, 9.17) is 0 Å². The molecule has 1 aromatic heterocycles. The van der Waals surface area contributed by atoms with Gasteiger partial charge in [0.05, 0.1) is 16.0 Å². The minimum atomic E-state index is -0.365. The normalized spacial score (nSPS) is 11.2. The molecule has 0 saturated carbocycles. The molecule has 0 saturated heterocycles. The molecule has 4 rings (SSSR count). The summed E-state index contributed by atoms with van der Waals surface area (Å²) in [6, 6.07) is 18.7. The second kappa shape index (κ2) is 6.36. The monoisotopic (exact) mass is 358 g/mol. The third kappa shape index (κ3) is 2.51. The molecule has 3 aromatic carbocycles. The van der Waals surface area contributed by atoms with Gasteiger partial charge in [-0.1, -0.05) is 55.5 Å². The minimum absolute atomic E-state index is 0.0193. The van der Waals surface area contributed by atoms with Gasteiger partial charge in [0.1, 0.15) is 5.52 Å². The van der Waals surface area contributed by atoms with Gasteiger partial charge in [0.15, 0.2) is 0 Å². The van der Waals surface area contributed by atoms with Crippen molar-refractivity contribution < 1.29 is 9.72 Å². The van der Waals surface area contributed by atoms with Crippen LogP contribution in [0.2, 0.25) is 0 Å². The molecule has 0 amide bonds. The smallest absolute Gasteiger partial charge is 0.274 e. The van der Waals surface area contributed by atoms with Gasteiger partial charge in [0, 0.05) is 17.2 Å². The molecular weight excluding hydrogens is 340 g/mol. The average Bonchev–Trinajstić information content (AvgIpc) is 3.00. The number of aryl methyl sites for hydroxylation is 1. The number of nitro benzene ring substituents is 1. The van der Waals surface area contributed by atoms with Crippen LogP contribution in [0, 0.1) is 17.0 Å². The summed E-state index contributed by atoms with van der Waals surface area (Å²) in [6.07, 6.45) is 0.263. The van der Waals surface area contributed by atoms with Crippen molar-refractivity contribution >= 4 is 33.4 Å². The number of hydrogen-bond donors (Lipinski definition) is 0. The molecule has 0 aliphatic heterocycles. The zero-order chi connectivity index (χ0) is 19.1. The number of rotatable bonds is 3. The van der Waals surface area contributed by atoms with Gasteiger partial charge in [-0.05, 0) is 30.2 Å². The Morgan fingerprint density at radius 2 is 1.70 bits per heavy atom. The number of nitrogens with zero attached hydrogens (tertiary/aromatic N) is 2. The van der Waals surface area contributed by atoms with E-state index in [-0.39, 0.29) is 22.9 Å². The summed E-state index contributed by atoms with van der Waals surface area (Å²) in [4.78, 5) is 24.6. The van der Waals surface area contributed by atoms with Crippen molar-refractivity contribution in [3.8, 4) is 11.1 Å².